The highest BCUT2D eigenvalue weighted by molar-refractivity contribution is 7.85. The van der Waals surface area contributed by atoms with Crippen molar-refractivity contribution in [1.29, 1.82) is 0 Å². The number of likely N-dealkylation sites (N-methyl/N-ethyl adjacent to an activating group) is 1. The predicted molar refractivity (Wildman–Crippen MR) is 257 cm³/mol. The van der Waals surface area contributed by atoms with Crippen molar-refractivity contribution in [3.63, 3.8) is 0 Å². The first kappa shape index (κ1) is 48.3. The van der Waals surface area contributed by atoms with Crippen molar-refractivity contribution in [2.45, 2.75) is 87.0 Å². The van der Waals surface area contributed by atoms with Crippen LogP contribution in [0.25, 0.3) is 10.9 Å². The first-order valence-electron chi connectivity index (χ1n) is 23.7. The monoisotopic (exact) mass is 966 g/mol. The van der Waals surface area contributed by atoms with E-state index < -0.39 is 74.0 Å². The molecule has 2 N–H and O–H groups in total. The summed E-state index contributed by atoms with van der Waals surface area (Å²) in [6.45, 7) is 4.76. The molecule has 0 unspecified atom stereocenters. The molecule has 4 aromatic rings. The minimum Gasteiger partial charge on any atom is -0.496 e. The van der Waals surface area contributed by atoms with Gasteiger partial charge in [0, 0.05) is 90.0 Å². The number of aromatic nitrogens is 1. The predicted octanol–water partition coefficient (Wildman–Crippen LogP) is 5.04. The first-order valence-corrected chi connectivity index (χ1v) is 25.5. The van der Waals surface area contributed by atoms with Crippen molar-refractivity contribution in [2.24, 2.45) is 11.3 Å². The summed E-state index contributed by atoms with van der Waals surface area (Å²) in [6.07, 6.45) is 5.63. The highest BCUT2D eigenvalue weighted by Crippen LogP contribution is 2.68. The molecule has 368 valence electrons. The van der Waals surface area contributed by atoms with Gasteiger partial charge in [0.1, 0.15) is 11.2 Å². The number of para-hydroxylation sites is 1. The number of nitrogens with zero attached hydrogens (tertiary/aromatic N) is 3. The van der Waals surface area contributed by atoms with E-state index in [0.29, 0.717) is 86.5 Å². The van der Waals surface area contributed by atoms with E-state index in [1.807, 2.05) is 83.5 Å². The summed E-state index contributed by atoms with van der Waals surface area (Å²) in [4.78, 5) is 67.3. The number of rotatable bonds is 10. The molecule has 1 aromatic heterocycles. The number of esters is 3. The number of carbonyl (C=O) groups excluding carboxylic acids is 4. The normalized spacial score (nSPS) is 29.8. The van der Waals surface area contributed by atoms with E-state index in [-0.39, 0.29) is 18.9 Å². The van der Waals surface area contributed by atoms with Gasteiger partial charge in [-0.3, -0.25) is 23.5 Å². The number of benzene rings is 3. The molecule has 2 fully saturated rings. The quantitative estimate of drug-likeness (QED) is 0.0929. The highest BCUT2D eigenvalue weighted by atomic mass is 32.2. The Hall–Kier alpha value is -5.75. The average molecular weight is 967 g/mol. The van der Waals surface area contributed by atoms with Gasteiger partial charge in [-0.25, -0.2) is 4.79 Å². The molecule has 0 radical (unpaired) electrons. The largest absolute Gasteiger partial charge is 0.496 e. The summed E-state index contributed by atoms with van der Waals surface area (Å²) in [7, 11) is 1.89. The molecular weight excluding hydrogens is 905 g/mol. The van der Waals surface area contributed by atoms with Gasteiger partial charge in [0.2, 0.25) is 5.60 Å². The number of methoxy groups -OCH3 is 3. The van der Waals surface area contributed by atoms with Gasteiger partial charge in [0.05, 0.1) is 40.2 Å². The maximum atomic E-state index is 15.7. The van der Waals surface area contributed by atoms with Gasteiger partial charge in [-0.05, 0) is 86.4 Å². The SMILES string of the molecule is CC[C@]12C=CCN3CC[C@@]4(c5cc([C@@]6(C(=O)OC)C[C@@H](COS(C)(=O)=O)CCCN(C(=O)c7ccccc7)CCc7c6[nH]c6ccccc76)c(OC)cc5N(C)[C@H]4[C@@](O)(C(=O)OC)[C@@H]1OC(C)=O)[C@@H]32. The number of fused-ring (bicyclic) bond motifs is 4. The molecule has 4 aliphatic heterocycles. The summed E-state index contributed by atoms with van der Waals surface area (Å²) in [5, 5.41) is 14.3. The van der Waals surface area contributed by atoms with Crippen LogP contribution in [0.15, 0.2) is 78.9 Å². The van der Waals surface area contributed by atoms with E-state index >= 15 is 4.79 Å². The molecule has 1 spiro atoms. The molecule has 1 saturated carbocycles. The van der Waals surface area contributed by atoms with Crippen LogP contribution in [0.5, 0.6) is 5.75 Å². The van der Waals surface area contributed by atoms with Crippen LogP contribution in [-0.2, 0) is 60.1 Å². The molecule has 5 aliphatic rings. The number of amides is 1. The lowest BCUT2D eigenvalue weighted by atomic mass is 9.47. The molecule has 9 rings (SSSR count). The highest BCUT2D eigenvalue weighted by Gasteiger charge is 2.80. The third-order valence-corrected chi connectivity index (χ3v) is 16.6. The number of aliphatic hydroxyl groups is 1. The van der Waals surface area contributed by atoms with E-state index in [9.17, 15) is 27.9 Å². The number of H-pyrrole nitrogens is 1. The Morgan fingerprint density at radius 2 is 1.64 bits per heavy atom. The van der Waals surface area contributed by atoms with Gasteiger partial charge in [-0.1, -0.05) is 55.5 Å². The lowest BCUT2D eigenvalue weighted by Crippen LogP contribution is -2.81. The second-order valence-corrected chi connectivity index (χ2v) is 21.1. The maximum absolute atomic E-state index is 15.7. The summed E-state index contributed by atoms with van der Waals surface area (Å²) in [5.74, 6) is -2.72. The van der Waals surface area contributed by atoms with Crippen LogP contribution in [-0.4, -0.2) is 143 Å². The molecule has 0 bridgehead atoms. The van der Waals surface area contributed by atoms with Gasteiger partial charge in [-0.2, -0.15) is 8.42 Å². The standard InChI is InChI=1S/C52H62N4O12S/c1-8-49-22-15-25-56-27-23-50(44(49)56)37-28-38(41(64-4)29-40(37)54(3)45(50)52(61,48(60)66-6)46(49)68-32(2)57)51(47(59)65-5)30-33(31-67-69(7,62)63)16-14-24-55(43(58)34-17-10-9-11-18-34)26-21-36-35-19-12-13-20-39(35)53-42(36)51/h9-13,15,17-20,22,28-29,33,44-46,53,61H,8,14,16,21,23-27,30-31H2,1-7H3/t33-,44-,45+,46+,49+,50+,51-,52-/m0/s1. The molecular formula is C52H62N4O12S. The fourth-order valence-electron chi connectivity index (χ4n) is 13.5. The molecule has 1 saturated heterocycles. The third kappa shape index (κ3) is 7.36. The molecule has 16 nitrogen and oxygen atoms in total. The van der Waals surface area contributed by atoms with Crippen LogP contribution >= 0.6 is 0 Å². The maximum Gasteiger partial charge on any atom is 0.344 e. The molecule has 69 heavy (non-hydrogen) atoms. The van der Waals surface area contributed by atoms with E-state index in [1.165, 1.54) is 28.3 Å². The van der Waals surface area contributed by atoms with Crippen LogP contribution in [0.2, 0.25) is 0 Å². The van der Waals surface area contributed by atoms with Crippen LogP contribution in [0.1, 0.15) is 78.7 Å². The van der Waals surface area contributed by atoms with Gasteiger partial charge in [-0.15, -0.1) is 0 Å². The smallest absolute Gasteiger partial charge is 0.344 e. The zero-order valence-corrected chi connectivity index (χ0v) is 41.1. The minimum atomic E-state index is -3.96. The van der Waals surface area contributed by atoms with Crippen molar-refractivity contribution < 1.29 is 55.8 Å². The molecule has 8 atom stereocenters. The second-order valence-electron chi connectivity index (χ2n) is 19.5. The Bertz CT molecular complexity index is 2830. The van der Waals surface area contributed by atoms with Crippen molar-refractivity contribution >= 4 is 50.5 Å². The molecule has 5 heterocycles. The van der Waals surface area contributed by atoms with Crippen LogP contribution in [0, 0.1) is 11.3 Å². The molecule has 1 aliphatic carbocycles. The van der Waals surface area contributed by atoms with Gasteiger partial charge in [0.25, 0.3) is 16.0 Å². The van der Waals surface area contributed by atoms with Gasteiger partial charge in [0.15, 0.2) is 6.10 Å². The fraction of sp³-hybridized carbons (Fsp3) is 0.500. The lowest BCUT2D eigenvalue weighted by Gasteiger charge is -2.63. The summed E-state index contributed by atoms with van der Waals surface area (Å²) in [6, 6.07) is 19.1. The summed E-state index contributed by atoms with van der Waals surface area (Å²) >= 11 is 0. The minimum absolute atomic E-state index is 0.0130. The number of nitrogens with one attached hydrogen (secondary N) is 1. The Morgan fingerprint density at radius 1 is 0.913 bits per heavy atom. The molecule has 1 amide bonds. The van der Waals surface area contributed by atoms with Crippen molar-refractivity contribution in [2.75, 3.05) is 72.3 Å². The molecule has 3 aromatic carbocycles. The third-order valence-electron chi connectivity index (χ3n) is 16.1. The van der Waals surface area contributed by atoms with Gasteiger partial charge >= 0.3 is 17.9 Å². The van der Waals surface area contributed by atoms with E-state index in [4.69, 9.17) is 23.1 Å². The zero-order valence-electron chi connectivity index (χ0n) is 40.3. The Morgan fingerprint density at radius 3 is 2.32 bits per heavy atom. The number of hydrogen-bond donors (Lipinski definition) is 2. The van der Waals surface area contributed by atoms with Crippen LogP contribution in [0.4, 0.5) is 5.69 Å². The summed E-state index contributed by atoms with van der Waals surface area (Å²) < 4.78 is 55.2. The Balaban J connectivity index is 1.34. The fourth-order valence-corrected chi connectivity index (χ4v) is 14.0. The number of carbonyl (C=O) groups is 4. The summed E-state index contributed by atoms with van der Waals surface area (Å²) in [5.41, 5.74) is -1.96. The van der Waals surface area contributed by atoms with Gasteiger partial charge < -0.3 is 38.8 Å². The average Bonchev–Trinajstić information content (AvgIpc) is 4.00. The number of anilines is 1. The van der Waals surface area contributed by atoms with Crippen molar-refractivity contribution in [1.82, 2.24) is 14.8 Å². The van der Waals surface area contributed by atoms with Crippen molar-refractivity contribution in [3.05, 3.63) is 107 Å². The topological polar surface area (TPSA) is 194 Å². The number of aromatic amines is 1. The van der Waals surface area contributed by atoms with Crippen LogP contribution < -0.4 is 9.64 Å². The zero-order chi connectivity index (χ0) is 49.3. The van der Waals surface area contributed by atoms with Crippen molar-refractivity contribution in [3.8, 4) is 5.75 Å². The lowest BCUT2D eigenvalue weighted by molar-refractivity contribution is -0.228. The number of hydrogen-bond acceptors (Lipinski definition) is 14. The second kappa shape index (κ2) is 17.9. The van der Waals surface area contributed by atoms with E-state index in [1.54, 1.807) is 19.2 Å². The Labute approximate surface area is 403 Å². The Kier molecular flexibility index (Phi) is 12.5. The van der Waals surface area contributed by atoms with Crippen LogP contribution in [0.3, 0.4) is 0 Å². The number of ether oxygens (including phenoxy) is 4. The van der Waals surface area contributed by atoms with E-state index in [2.05, 4.69) is 9.88 Å². The first-order chi connectivity index (χ1) is 33.0. The molecule has 17 heteroatoms. The van der Waals surface area contributed by atoms with E-state index in [0.717, 1.165) is 28.3 Å².